The molecule has 0 saturated heterocycles. The van der Waals surface area contributed by atoms with Gasteiger partial charge in [-0.15, -0.1) is 11.3 Å². The smallest absolute Gasteiger partial charge is 0.0726 e. The minimum absolute atomic E-state index is 0.306. The molecule has 0 saturated carbocycles. The molecule has 3 heteroatoms. The molecule has 1 aromatic rings. The molecule has 0 aliphatic heterocycles. The maximum Gasteiger partial charge on any atom is 0.0726 e. The summed E-state index contributed by atoms with van der Waals surface area (Å²) in [5.74, 6) is -1.09. The number of carbonyl (C=O) groups is 1. The number of carboxylic acid groups (broad SMARTS) is 1. The number of carbonyl (C=O) groups excluding carboxylic acids is 1. The van der Waals surface area contributed by atoms with Crippen molar-refractivity contribution in [3.8, 4) is 0 Å². The number of hydrogen-bond acceptors (Lipinski definition) is 3. The molecule has 0 aromatic carbocycles. The van der Waals surface area contributed by atoms with Gasteiger partial charge in [-0.05, 0) is 18.4 Å². The highest BCUT2D eigenvalue weighted by Gasteiger charge is 1.97. The Kier molecular flexibility index (Phi) is 1.53. The molecule has 0 radical (unpaired) electrons. The molecular formula is C6H5O2S-. The first-order valence-electron chi connectivity index (χ1n) is 2.47. The Hall–Kier alpha value is -0.830. The van der Waals surface area contributed by atoms with Crippen molar-refractivity contribution in [2.75, 3.05) is 0 Å². The third-order valence-electron chi connectivity index (χ3n) is 1.08. The highest BCUT2D eigenvalue weighted by Crippen LogP contribution is 2.13. The molecule has 1 rings (SSSR count). The summed E-state index contributed by atoms with van der Waals surface area (Å²) in [6.07, 6.45) is 0. The first kappa shape index (κ1) is 6.29. The quantitative estimate of drug-likeness (QED) is 0.568. The Labute approximate surface area is 56.8 Å². The average Bonchev–Trinajstić information content (AvgIpc) is 2.13. The number of aromatic carboxylic acids is 1. The first-order chi connectivity index (χ1) is 4.22. The Morgan fingerprint density at radius 3 is 2.67 bits per heavy atom. The molecule has 0 atom stereocenters. The Bertz CT molecular complexity index is 227. The molecule has 0 bridgehead atoms. The lowest BCUT2D eigenvalue weighted by Crippen LogP contribution is -2.22. The van der Waals surface area contributed by atoms with Crippen molar-refractivity contribution < 1.29 is 9.90 Å². The fraction of sp³-hybridized carbons (Fsp3) is 0.167. The van der Waals surface area contributed by atoms with E-state index in [4.69, 9.17) is 0 Å². The van der Waals surface area contributed by atoms with Crippen LogP contribution in [0.25, 0.3) is 0 Å². The third kappa shape index (κ3) is 1.10. The predicted octanol–water partition coefficient (Wildman–Crippen LogP) is 0.420. The van der Waals surface area contributed by atoms with Crippen molar-refractivity contribution in [3.05, 3.63) is 21.9 Å². The van der Waals surface area contributed by atoms with Crippen molar-refractivity contribution in [3.63, 3.8) is 0 Å². The Balaban J connectivity index is 3.08. The first-order valence-corrected chi connectivity index (χ1v) is 3.35. The van der Waals surface area contributed by atoms with E-state index in [1.165, 1.54) is 11.3 Å². The zero-order valence-corrected chi connectivity index (χ0v) is 5.70. The lowest BCUT2D eigenvalue weighted by Gasteiger charge is -1.97. The van der Waals surface area contributed by atoms with Crippen LogP contribution in [0, 0.1) is 6.92 Å². The number of carboxylic acids is 1. The monoisotopic (exact) mass is 141 g/mol. The van der Waals surface area contributed by atoms with Gasteiger partial charge in [-0.25, -0.2) is 0 Å². The van der Waals surface area contributed by atoms with E-state index < -0.39 is 5.97 Å². The van der Waals surface area contributed by atoms with E-state index in [0.29, 0.717) is 5.56 Å². The van der Waals surface area contributed by atoms with E-state index in [2.05, 4.69) is 0 Å². The highest BCUT2D eigenvalue weighted by atomic mass is 32.1. The molecule has 0 fully saturated rings. The summed E-state index contributed by atoms with van der Waals surface area (Å²) < 4.78 is 0. The van der Waals surface area contributed by atoms with Crippen LogP contribution in [0.3, 0.4) is 0 Å². The number of rotatable bonds is 1. The molecule has 0 unspecified atom stereocenters. The average molecular weight is 141 g/mol. The molecule has 9 heavy (non-hydrogen) atoms. The standard InChI is InChI=1S/C6H6O2S/c1-4-5(6(7)8)2-3-9-4/h2-3H,1H3,(H,7,8)/p-1. The van der Waals surface area contributed by atoms with Gasteiger partial charge in [-0.3, -0.25) is 0 Å². The molecule has 0 aliphatic rings. The van der Waals surface area contributed by atoms with Gasteiger partial charge in [0.05, 0.1) is 5.97 Å². The van der Waals surface area contributed by atoms with Crippen molar-refractivity contribution in [2.24, 2.45) is 0 Å². The van der Waals surface area contributed by atoms with Gasteiger partial charge < -0.3 is 9.90 Å². The SMILES string of the molecule is Cc1sccc1C(=O)[O-]. The van der Waals surface area contributed by atoms with E-state index in [1.54, 1.807) is 18.4 Å². The molecule has 0 spiro atoms. The summed E-state index contributed by atoms with van der Waals surface area (Å²) in [7, 11) is 0. The molecule has 0 aliphatic carbocycles. The van der Waals surface area contributed by atoms with E-state index >= 15 is 0 Å². The summed E-state index contributed by atoms with van der Waals surface area (Å²) in [6, 6.07) is 1.55. The number of hydrogen-bond donors (Lipinski definition) is 0. The lowest BCUT2D eigenvalue weighted by molar-refractivity contribution is -0.255. The largest absolute Gasteiger partial charge is 0.545 e. The van der Waals surface area contributed by atoms with Crippen LogP contribution in [0.4, 0.5) is 0 Å². The third-order valence-corrected chi connectivity index (χ3v) is 1.92. The van der Waals surface area contributed by atoms with Crippen LogP contribution >= 0.6 is 11.3 Å². The summed E-state index contributed by atoms with van der Waals surface area (Å²) >= 11 is 1.41. The van der Waals surface area contributed by atoms with Crippen molar-refractivity contribution in [1.29, 1.82) is 0 Å². The maximum absolute atomic E-state index is 10.2. The molecule has 2 nitrogen and oxygen atoms in total. The second kappa shape index (κ2) is 2.19. The van der Waals surface area contributed by atoms with Gasteiger partial charge in [-0.2, -0.15) is 0 Å². The maximum atomic E-state index is 10.2. The fourth-order valence-electron chi connectivity index (χ4n) is 0.597. The van der Waals surface area contributed by atoms with Gasteiger partial charge in [0.1, 0.15) is 0 Å². The second-order valence-corrected chi connectivity index (χ2v) is 2.80. The molecular weight excluding hydrogens is 136 g/mol. The minimum Gasteiger partial charge on any atom is -0.545 e. The predicted molar refractivity (Wildman–Crippen MR) is 33.4 cm³/mol. The van der Waals surface area contributed by atoms with Crippen LogP contribution in [0.2, 0.25) is 0 Å². The van der Waals surface area contributed by atoms with Crippen molar-refractivity contribution in [1.82, 2.24) is 0 Å². The van der Waals surface area contributed by atoms with Gasteiger partial charge >= 0.3 is 0 Å². The van der Waals surface area contributed by atoms with Gasteiger partial charge in [0.15, 0.2) is 0 Å². The van der Waals surface area contributed by atoms with Gasteiger partial charge in [-0.1, -0.05) is 0 Å². The fourth-order valence-corrected chi connectivity index (χ4v) is 1.28. The zero-order chi connectivity index (χ0) is 6.85. The number of thiophene rings is 1. The molecule has 1 aromatic heterocycles. The topological polar surface area (TPSA) is 40.1 Å². The molecule has 0 N–H and O–H groups in total. The van der Waals surface area contributed by atoms with Gasteiger partial charge in [0.2, 0.25) is 0 Å². The van der Waals surface area contributed by atoms with E-state index in [0.717, 1.165) is 4.88 Å². The Morgan fingerprint density at radius 2 is 2.44 bits per heavy atom. The van der Waals surface area contributed by atoms with Crippen LogP contribution < -0.4 is 5.11 Å². The summed E-state index contributed by atoms with van der Waals surface area (Å²) in [5, 5.41) is 11.9. The lowest BCUT2D eigenvalue weighted by atomic mass is 10.3. The van der Waals surface area contributed by atoms with Crippen LogP contribution in [-0.2, 0) is 0 Å². The molecule has 1 heterocycles. The van der Waals surface area contributed by atoms with Crippen LogP contribution in [0.1, 0.15) is 15.2 Å². The minimum atomic E-state index is -1.09. The van der Waals surface area contributed by atoms with Crippen molar-refractivity contribution in [2.45, 2.75) is 6.92 Å². The zero-order valence-electron chi connectivity index (χ0n) is 4.88. The molecule has 48 valence electrons. The highest BCUT2D eigenvalue weighted by molar-refractivity contribution is 7.10. The van der Waals surface area contributed by atoms with E-state index in [9.17, 15) is 9.90 Å². The van der Waals surface area contributed by atoms with Crippen molar-refractivity contribution >= 4 is 17.3 Å². The van der Waals surface area contributed by atoms with E-state index in [1.807, 2.05) is 0 Å². The van der Waals surface area contributed by atoms with Crippen LogP contribution in [-0.4, -0.2) is 5.97 Å². The number of aryl methyl sites for hydroxylation is 1. The molecule has 0 amide bonds. The van der Waals surface area contributed by atoms with Gasteiger partial charge in [0.25, 0.3) is 0 Å². The Morgan fingerprint density at radius 1 is 1.78 bits per heavy atom. The van der Waals surface area contributed by atoms with Crippen LogP contribution in [0.5, 0.6) is 0 Å². The van der Waals surface area contributed by atoms with Crippen LogP contribution in [0.15, 0.2) is 11.4 Å². The summed E-state index contributed by atoms with van der Waals surface area (Å²) in [6.45, 7) is 1.76. The summed E-state index contributed by atoms with van der Waals surface area (Å²) in [5.41, 5.74) is 0.306. The van der Waals surface area contributed by atoms with E-state index in [-0.39, 0.29) is 0 Å². The summed E-state index contributed by atoms with van der Waals surface area (Å²) in [4.78, 5) is 11.0. The normalized spacial score (nSPS) is 9.44. The van der Waals surface area contributed by atoms with Gasteiger partial charge in [0, 0.05) is 10.4 Å². The second-order valence-electron chi connectivity index (χ2n) is 1.68.